The molecule has 1 amide bonds. The zero-order valence-corrected chi connectivity index (χ0v) is 19.9. The molecule has 1 N–H and O–H groups in total. The van der Waals surface area contributed by atoms with Crippen LogP contribution in [0.1, 0.15) is 49.4 Å². The van der Waals surface area contributed by atoms with E-state index in [-0.39, 0.29) is 23.6 Å². The van der Waals surface area contributed by atoms with Crippen LogP contribution in [0.15, 0.2) is 53.0 Å². The van der Waals surface area contributed by atoms with Crippen LogP contribution in [-0.4, -0.2) is 31.7 Å². The molecule has 1 atom stereocenters. The molecule has 0 saturated carbocycles. The van der Waals surface area contributed by atoms with Crippen LogP contribution in [0.4, 0.5) is 0 Å². The fourth-order valence-corrected chi connectivity index (χ4v) is 5.78. The average molecular weight is 493 g/mol. The molecule has 0 spiro atoms. The van der Waals surface area contributed by atoms with Gasteiger partial charge in [0.1, 0.15) is 0 Å². The summed E-state index contributed by atoms with van der Waals surface area (Å²) in [6.45, 7) is 4.87. The molecule has 2 aromatic carbocycles. The summed E-state index contributed by atoms with van der Waals surface area (Å²) in [7, 11) is -3.39. The highest BCUT2D eigenvalue weighted by molar-refractivity contribution is 9.10. The number of rotatable bonds is 7. The van der Waals surface area contributed by atoms with Crippen LogP contribution in [-0.2, 0) is 27.0 Å². The van der Waals surface area contributed by atoms with Crippen LogP contribution in [0, 0.1) is 5.92 Å². The van der Waals surface area contributed by atoms with Crippen molar-refractivity contribution in [3.05, 3.63) is 69.7 Å². The maximum absolute atomic E-state index is 12.8. The molecular weight excluding hydrogens is 464 g/mol. The predicted octanol–water partition coefficient (Wildman–Crippen LogP) is 4.43. The third-order valence-electron chi connectivity index (χ3n) is 5.70. The lowest BCUT2D eigenvalue weighted by molar-refractivity contribution is -0.126. The van der Waals surface area contributed by atoms with E-state index in [1.165, 1.54) is 9.87 Å². The topological polar surface area (TPSA) is 66.5 Å². The van der Waals surface area contributed by atoms with Crippen molar-refractivity contribution in [2.45, 2.75) is 44.9 Å². The molecular formula is C23H29BrN2O3S. The Bertz CT molecular complexity index is 968. The van der Waals surface area contributed by atoms with Crippen molar-refractivity contribution in [3.63, 3.8) is 0 Å². The van der Waals surface area contributed by atoms with Crippen LogP contribution >= 0.6 is 15.9 Å². The molecule has 5 nitrogen and oxygen atoms in total. The molecule has 162 valence electrons. The number of nitrogens with zero attached hydrogens (tertiary/aromatic N) is 1. The highest BCUT2D eigenvalue weighted by Crippen LogP contribution is 2.24. The van der Waals surface area contributed by atoms with Crippen molar-refractivity contribution in [1.82, 2.24) is 9.62 Å². The van der Waals surface area contributed by atoms with Gasteiger partial charge in [-0.2, -0.15) is 0 Å². The quantitative estimate of drug-likeness (QED) is 0.621. The summed E-state index contributed by atoms with van der Waals surface area (Å²) >= 11 is 3.38. The van der Waals surface area contributed by atoms with Gasteiger partial charge < -0.3 is 5.32 Å². The van der Waals surface area contributed by atoms with E-state index in [1.807, 2.05) is 31.2 Å². The minimum atomic E-state index is -3.39. The number of carbonyl (C=O) groups is 1. The third-order valence-corrected chi connectivity index (χ3v) is 8.05. The zero-order valence-electron chi connectivity index (χ0n) is 17.5. The number of hydrogen-bond acceptors (Lipinski definition) is 3. The Morgan fingerprint density at radius 2 is 1.80 bits per heavy atom. The molecule has 0 radical (unpaired) electrons. The van der Waals surface area contributed by atoms with E-state index < -0.39 is 10.0 Å². The van der Waals surface area contributed by atoms with Crippen molar-refractivity contribution in [1.29, 1.82) is 0 Å². The second kappa shape index (κ2) is 10.1. The first-order valence-electron chi connectivity index (χ1n) is 10.4. The van der Waals surface area contributed by atoms with Gasteiger partial charge in [-0.15, -0.1) is 0 Å². The number of amides is 1. The molecule has 0 bridgehead atoms. The lowest BCUT2D eigenvalue weighted by Gasteiger charge is -2.31. The summed E-state index contributed by atoms with van der Waals surface area (Å²) in [4.78, 5) is 12.7. The first kappa shape index (κ1) is 23.0. The van der Waals surface area contributed by atoms with E-state index in [0.29, 0.717) is 25.9 Å². The Morgan fingerprint density at radius 1 is 1.13 bits per heavy atom. The molecule has 3 rings (SSSR count). The second-order valence-corrected chi connectivity index (χ2v) is 10.8. The molecule has 0 unspecified atom stereocenters. The standard InChI is InChI=1S/C23H29BrN2O3S/c1-3-18-7-9-20(10-8-18)17(2)25-23(27)21-11-13-26(14-12-21)30(28,29)16-19-5-4-6-22(24)15-19/h4-10,15,17,21H,3,11-14,16H2,1-2H3,(H,25,27)/t17-/m1/s1. The van der Waals surface area contributed by atoms with Crippen molar-refractivity contribution in [2.75, 3.05) is 13.1 Å². The van der Waals surface area contributed by atoms with Crippen LogP contribution in [0.3, 0.4) is 0 Å². The maximum atomic E-state index is 12.8. The summed E-state index contributed by atoms with van der Waals surface area (Å²) in [5, 5.41) is 3.09. The predicted molar refractivity (Wildman–Crippen MR) is 123 cm³/mol. The lowest BCUT2D eigenvalue weighted by Crippen LogP contribution is -2.43. The molecule has 1 fully saturated rings. The van der Waals surface area contributed by atoms with Crippen molar-refractivity contribution >= 4 is 31.9 Å². The van der Waals surface area contributed by atoms with Gasteiger partial charge in [0, 0.05) is 23.5 Å². The normalized spacial score (nSPS) is 16.9. The van der Waals surface area contributed by atoms with Crippen molar-refractivity contribution < 1.29 is 13.2 Å². The van der Waals surface area contributed by atoms with Gasteiger partial charge in [-0.3, -0.25) is 4.79 Å². The van der Waals surface area contributed by atoms with Crippen molar-refractivity contribution in [3.8, 4) is 0 Å². The highest BCUT2D eigenvalue weighted by Gasteiger charge is 2.31. The SMILES string of the molecule is CCc1ccc([C@@H](C)NC(=O)C2CCN(S(=O)(=O)Cc3cccc(Br)c3)CC2)cc1. The van der Waals surface area contributed by atoms with E-state index in [9.17, 15) is 13.2 Å². The van der Waals surface area contributed by atoms with Crippen molar-refractivity contribution in [2.24, 2.45) is 5.92 Å². The van der Waals surface area contributed by atoms with Gasteiger partial charge in [0.15, 0.2) is 0 Å². The first-order chi connectivity index (χ1) is 14.3. The number of carbonyl (C=O) groups excluding carboxylic acids is 1. The Morgan fingerprint density at radius 3 is 2.40 bits per heavy atom. The van der Waals surface area contributed by atoms with Crippen LogP contribution in [0.5, 0.6) is 0 Å². The van der Waals surface area contributed by atoms with Gasteiger partial charge >= 0.3 is 0 Å². The van der Waals surface area contributed by atoms with E-state index in [2.05, 4.69) is 52.4 Å². The van der Waals surface area contributed by atoms with Gasteiger partial charge in [-0.25, -0.2) is 12.7 Å². The number of nitrogens with one attached hydrogen (secondary N) is 1. The molecule has 1 aliphatic rings. The minimum Gasteiger partial charge on any atom is -0.349 e. The summed E-state index contributed by atoms with van der Waals surface area (Å²) in [5.41, 5.74) is 3.11. The number of halogens is 1. The molecule has 0 aliphatic carbocycles. The molecule has 1 heterocycles. The largest absolute Gasteiger partial charge is 0.349 e. The Hall–Kier alpha value is -1.70. The van der Waals surface area contributed by atoms with Crippen LogP contribution in [0.2, 0.25) is 0 Å². The summed E-state index contributed by atoms with van der Waals surface area (Å²) < 4.78 is 27.9. The number of benzene rings is 2. The second-order valence-electron chi connectivity index (χ2n) is 7.88. The summed E-state index contributed by atoms with van der Waals surface area (Å²) in [5.74, 6) is -0.167. The molecule has 30 heavy (non-hydrogen) atoms. The van der Waals surface area contributed by atoms with E-state index in [4.69, 9.17) is 0 Å². The monoisotopic (exact) mass is 492 g/mol. The average Bonchev–Trinajstić information content (AvgIpc) is 2.73. The molecule has 0 aromatic heterocycles. The number of hydrogen-bond donors (Lipinski definition) is 1. The van der Waals surface area contributed by atoms with Gasteiger partial charge in [-0.1, -0.05) is 59.3 Å². The highest BCUT2D eigenvalue weighted by atomic mass is 79.9. The maximum Gasteiger partial charge on any atom is 0.223 e. The number of aryl methyl sites for hydroxylation is 1. The van der Waals surface area contributed by atoms with E-state index in [1.54, 1.807) is 0 Å². The summed E-state index contributed by atoms with van der Waals surface area (Å²) in [6.07, 6.45) is 2.08. The van der Waals surface area contributed by atoms with E-state index >= 15 is 0 Å². The Kier molecular flexibility index (Phi) is 7.71. The molecule has 7 heteroatoms. The molecule has 1 aliphatic heterocycles. The lowest BCUT2D eigenvalue weighted by atomic mass is 9.96. The minimum absolute atomic E-state index is 0.00565. The molecule has 2 aromatic rings. The molecule has 1 saturated heterocycles. The van der Waals surface area contributed by atoms with Crippen LogP contribution in [0.25, 0.3) is 0 Å². The van der Waals surface area contributed by atoms with Crippen LogP contribution < -0.4 is 5.32 Å². The zero-order chi connectivity index (χ0) is 21.7. The fraction of sp³-hybridized carbons (Fsp3) is 0.435. The summed E-state index contributed by atoms with van der Waals surface area (Å²) in [6, 6.07) is 15.6. The Balaban J connectivity index is 1.53. The smallest absolute Gasteiger partial charge is 0.223 e. The van der Waals surface area contributed by atoms with Gasteiger partial charge in [0.2, 0.25) is 15.9 Å². The number of sulfonamides is 1. The fourth-order valence-electron chi connectivity index (χ4n) is 3.78. The van der Waals surface area contributed by atoms with Gasteiger partial charge in [0.05, 0.1) is 11.8 Å². The van der Waals surface area contributed by atoms with Gasteiger partial charge in [0.25, 0.3) is 0 Å². The van der Waals surface area contributed by atoms with Gasteiger partial charge in [-0.05, 0) is 55.0 Å². The third kappa shape index (κ3) is 5.93. The first-order valence-corrected chi connectivity index (χ1v) is 12.8. The van der Waals surface area contributed by atoms with E-state index in [0.717, 1.165) is 22.0 Å². The number of piperidine rings is 1. The Labute approximate surface area is 188 Å².